The van der Waals surface area contributed by atoms with Gasteiger partial charge in [0.1, 0.15) is 13.2 Å². The van der Waals surface area contributed by atoms with E-state index in [0.29, 0.717) is 19.3 Å². The van der Waals surface area contributed by atoms with Crippen molar-refractivity contribution in [3.05, 3.63) is 0 Å². The van der Waals surface area contributed by atoms with Gasteiger partial charge in [0.25, 0.3) is 0 Å². The van der Waals surface area contributed by atoms with Crippen LogP contribution in [0.2, 0.25) is 0 Å². The fourth-order valence-electron chi connectivity index (χ4n) is 9.33. The van der Waals surface area contributed by atoms with Gasteiger partial charge in [0, 0.05) is 19.3 Å². The standard InChI is InChI=1S/C60H116O6/c1-4-7-10-13-16-19-20-21-22-23-24-25-26-27-28-29-30-31-32-33-34-35-36-37-38-39-40-42-44-47-50-53-59(62)65-56-57(55-64-58(61)52-49-46-43-18-15-12-9-6-3)66-60(63)54-51-48-45-41-17-14-11-8-5-2/h57H,4-56H2,1-3H3. The van der Waals surface area contributed by atoms with Crippen LogP contribution in [-0.4, -0.2) is 37.2 Å². The van der Waals surface area contributed by atoms with Gasteiger partial charge in [-0.15, -0.1) is 0 Å². The molecule has 0 fully saturated rings. The molecule has 0 aliphatic carbocycles. The van der Waals surface area contributed by atoms with Gasteiger partial charge in [0.2, 0.25) is 0 Å². The Morgan fingerprint density at radius 3 is 0.606 bits per heavy atom. The molecule has 0 N–H and O–H groups in total. The maximum Gasteiger partial charge on any atom is 0.306 e. The highest BCUT2D eigenvalue weighted by Crippen LogP contribution is 2.18. The molecule has 0 rings (SSSR count). The predicted octanol–water partition coefficient (Wildman–Crippen LogP) is 19.9. The molecule has 0 aromatic rings. The first kappa shape index (κ1) is 64.4. The molecule has 0 spiro atoms. The minimum atomic E-state index is -0.758. The first-order valence-corrected chi connectivity index (χ1v) is 30.0. The lowest BCUT2D eigenvalue weighted by molar-refractivity contribution is -0.167. The SMILES string of the molecule is CCCCCCCCCCCCCCCCCCCCCCCCCCCCCCCCCC(=O)OCC(COC(=O)CCCCCCCCCC)OC(=O)CCCCCCCCCCC. The fourth-order valence-corrected chi connectivity index (χ4v) is 9.33. The second-order valence-corrected chi connectivity index (χ2v) is 20.6. The van der Waals surface area contributed by atoms with Crippen LogP contribution in [0.25, 0.3) is 0 Å². The zero-order chi connectivity index (χ0) is 47.9. The van der Waals surface area contributed by atoms with E-state index in [1.165, 1.54) is 250 Å². The van der Waals surface area contributed by atoms with Crippen molar-refractivity contribution in [1.82, 2.24) is 0 Å². The third-order valence-electron chi connectivity index (χ3n) is 13.9. The summed E-state index contributed by atoms with van der Waals surface area (Å²) in [5, 5.41) is 0. The zero-order valence-corrected chi connectivity index (χ0v) is 45.0. The van der Waals surface area contributed by atoms with Gasteiger partial charge in [-0.3, -0.25) is 14.4 Å². The molecule has 0 saturated carbocycles. The topological polar surface area (TPSA) is 78.9 Å². The summed E-state index contributed by atoms with van der Waals surface area (Å²) >= 11 is 0. The number of ether oxygens (including phenoxy) is 3. The second-order valence-electron chi connectivity index (χ2n) is 20.6. The van der Waals surface area contributed by atoms with E-state index in [2.05, 4.69) is 20.8 Å². The number of hydrogen-bond acceptors (Lipinski definition) is 6. The highest BCUT2D eigenvalue weighted by Gasteiger charge is 2.19. The van der Waals surface area contributed by atoms with Crippen LogP contribution in [-0.2, 0) is 28.6 Å². The summed E-state index contributed by atoms with van der Waals surface area (Å²) in [7, 11) is 0. The summed E-state index contributed by atoms with van der Waals surface area (Å²) in [6.45, 7) is 6.64. The quantitative estimate of drug-likeness (QED) is 0.0343. The summed E-state index contributed by atoms with van der Waals surface area (Å²) in [4.78, 5) is 37.8. The number of hydrogen-bond donors (Lipinski definition) is 0. The molecule has 0 aliphatic rings. The Labute approximate surface area is 412 Å². The van der Waals surface area contributed by atoms with Gasteiger partial charge in [-0.05, 0) is 19.3 Å². The third kappa shape index (κ3) is 53.4. The van der Waals surface area contributed by atoms with E-state index in [9.17, 15) is 14.4 Å². The van der Waals surface area contributed by atoms with Crippen LogP contribution < -0.4 is 0 Å². The Morgan fingerprint density at radius 2 is 0.409 bits per heavy atom. The predicted molar refractivity (Wildman–Crippen MR) is 284 cm³/mol. The summed E-state index contributed by atoms with van der Waals surface area (Å²) in [5.74, 6) is -0.849. The maximum atomic E-state index is 12.7. The van der Waals surface area contributed by atoms with Crippen molar-refractivity contribution in [2.75, 3.05) is 13.2 Å². The molecule has 0 aliphatic heterocycles. The molecule has 0 saturated heterocycles. The van der Waals surface area contributed by atoms with Gasteiger partial charge in [-0.2, -0.15) is 0 Å². The van der Waals surface area contributed by atoms with E-state index >= 15 is 0 Å². The lowest BCUT2D eigenvalue weighted by Crippen LogP contribution is -2.30. The Bertz CT molecular complexity index is 982. The Balaban J connectivity index is 3.86. The Morgan fingerprint density at radius 1 is 0.242 bits per heavy atom. The van der Waals surface area contributed by atoms with Crippen molar-refractivity contribution in [2.24, 2.45) is 0 Å². The summed E-state index contributed by atoms with van der Waals surface area (Å²) in [6.07, 6.45) is 63.0. The van der Waals surface area contributed by atoms with Crippen molar-refractivity contribution in [2.45, 2.75) is 354 Å². The van der Waals surface area contributed by atoms with Crippen LogP contribution in [0, 0.1) is 0 Å². The monoisotopic (exact) mass is 933 g/mol. The van der Waals surface area contributed by atoms with Gasteiger partial charge >= 0.3 is 17.9 Å². The molecule has 6 heteroatoms. The number of carbonyl (C=O) groups is 3. The second kappa shape index (κ2) is 56.0. The molecule has 0 heterocycles. The van der Waals surface area contributed by atoms with Crippen LogP contribution >= 0.6 is 0 Å². The van der Waals surface area contributed by atoms with Crippen LogP contribution in [0.15, 0.2) is 0 Å². The minimum Gasteiger partial charge on any atom is -0.462 e. The van der Waals surface area contributed by atoms with Crippen molar-refractivity contribution < 1.29 is 28.6 Å². The molecular weight excluding hydrogens is 817 g/mol. The van der Waals surface area contributed by atoms with E-state index in [0.717, 1.165) is 57.8 Å². The summed E-state index contributed by atoms with van der Waals surface area (Å²) in [5.41, 5.74) is 0. The van der Waals surface area contributed by atoms with E-state index in [4.69, 9.17) is 14.2 Å². The van der Waals surface area contributed by atoms with Crippen molar-refractivity contribution in [3.8, 4) is 0 Å². The van der Waals surface area contributed by atoms with E-state index in [1.807, 2.05) is 0 Å². The van der Waals surface area contributed by atoms with Crippen LogP contribution in [0.5, 0.6) is 0 Å². The first-order valence-electron chi connectivity index (χ1n) is 30.0. The van der Waals surface area contributed by atoms with E-state index in [1.54, 1.807) is 0 Å². The Kier molecular flexibility index (Phi) is 54.7. The largest absolute Gasteiger partial charge is 0.462 e. The van der Waals surface area contributed by atoms with Gasteiger partial charge in [0.05, 0.1) is 0 Å². The molecule has 6 nitrogen and oxygen atoms in total. The highest BCUT2D eigenvalue weighted by atomic mass is 16.6. The van der Waals surface area contributed by atoms with Crippen LogP contribution in [0.4, 0.5) is 0 Å². The first-order chi connectivity index (χ1) is 32.5. The smallest absolute Gasteiger partial charge is 0.306 e. The third-order valence-corrected chi connectivity index (χ3v) is 13.9. The van der Waals surface area contributed by atoms with E-state index < -0.39 is 6.10 Å². The van der Waals surface area contributed by atoms with Crippen molar-refractivity contribution >= 4 is 17.9 Å². The van der Waals surface area contributed by atoms with Gasteiger partial charge < -0.3 is 14.2 Å². The molecule has 0 amide bonds. The van der Waals surface area contributed by atoms with Crippen molar-refractivity contribution in [3.63, 3.8) is 0 Å². The van der Waals surface area contributed by atoms with Gasteiger partial charge in [-0.1, -0.05) is 310 Å². The van der Waals surface area contributed by atoms with Crippen LogP contribution in [0.1, 0.15) is 348 Å². The molecule has 392 valence electrons. The molecule has 0 aromatic heterocycles. The number of unbranched alkanes of at least 4 members (excludes halogenated alkanes) is 45. The van der Waals surface area contributed by atoms with Gasteiger partial charge in [0.15, 0.2) is 6.10 Å². The molecule has 1 unspecified atom stereocenters. The summed E-state index contributed by atoms with van der Waals surface area (Å²) in [6, 6.07) is 0. The van der Waals surface area contributed by atoms with Gasteiger partial charge in [-0.25, -0.2) is 0 Å². The zero-order valence-electron chi connectivity index (χ0n) is 45.0. The minimum absolute atomic E-state index is 0.0625. The normalized spacial score (nSPS) is 11.9. The molecule has 1 atom stereocenters. The lowest BCUT2D eigenvalue weighted by Gasteiger charge is -2.18. The molecule has 0 aromatic carbocycles. The summed E-state index contributed by atoms with van der Waals surface area (Å²) < 4.78 is 16.7. The van der Waals surface area contributed by atoms with E-state index in [-0.39, 0.29) is 31.1 Å². The Hall–Kier alpha value is -1.59. The number of rotatable bonds is 56. The lowest BCUT2D eigenvalue weighted by atomic mass is 10.0. The maximum absolute atomic E-state index is 12.7. The molecule has 66 heavy (non-hydrogen) atoms. The fraction of sp³-hybridized carbons (Fsp3) is 0.950. The highest BCUT2D eigenvalue weighted by molar-refractivity contribution is 5.71. The number of carbonyl (C=O) groups excluding carboxylic acids is 3. The molecule has 0 bridgehead atoms. The number of esters is 3. The average molecular weight is 934 g/mol. The van der Waals surface area contributed by atoms with Crippen LogP contribution in [0.3, 0.4) is 0 Å². The van der Waals surface area contributed by atoms with Crippen molar-refractivity contribution in [1.29, 1.82) is 0 Å². The molecular formula is C60H116O6. The molecule has 0 radical (unpaired) electrons. The average Bonchev–Trinajstić information content (AvgIpc) is 3.31.